The van der Waals surface area contributed by atoms with Crippen LogP contribution in [0.2, 0.25) is 17.3 Å². The molecule has 0 N–H and O–H groups in total. The van der Waals surface area contributed by atoms with Crippen LogP contribution in [0.4, 0.5) is 0 Å². The first-order valence-corrected chi connectivity index (χ1v) is 12.5. The van der Waals surface area contributed by atoms with Crippen molar-refractivity contribution in [2.75, 3.05) is 0 Å². The van der Waals surface area contributed by atoms with Gasteiger partial charge in [0.2, 0.25) is 0 Å². The van der Waals surface area contributed by atoms with Crippen molar-refractivity contribution in [1.82, 2.24) is 0 Å². The predicted molar refractivity (Wildman–Crippen MR) is 65.9 cm³/mol. The normalized spacial score (nSPS) is 10.5. The summed E-state index contributed by atoms with van der Waals surface area (Å²) in [4.78, 5) is 0. The second-order valence-corrected chi connectivity index (χ2v) is 14.5. The van der Waals surface area contributed by atoms with Gasteiger partial charge in [0, 0.05) is 0 Å². The number of hydrogen-bond donors (Lipinski definition) is 0. The quantitative estimate of drug-likeness (QED) is 0.554. The molecule has 0 aromatic heterocycles. The second kappa shape index (κ2) is 5.26. The van der Waals surface area contributed by atoms with Gasteiger partial charge in [-0.2, -0.15) is 0 Å². The monoisotopic (exact) mass is 248 g/mol. The molecule has 0 spiro atoms. The van der Waals surface area contributed by atoms with E-state index < -0.39 is 13.3 Å². The molecular formula is C13H18Ge. The van der Waals surface area contributed by atoms with Gasteiger partial charge >= 0.3 is 89.9 Å². The molecule has 0 unspecified atom stereocenters. The van der Waals surface area contributed by atoms with E-state index in [9.17, 15) is 0 Å². The molecule has 0 fully saturated rings. The van der Waals surface area contributed by atoms with Gasteiger partial charge in [-0.15, -0.1) is 0 Å². The Bertz CT molecular complexity index is 322. The molecule has 0 radical (unpaired) electrons. The maximum atomic E-state index is 3.43. The second-order valence-electron chi connectivity index (χ2n) is 4.54. The van der Waals surface area contributed by atoms with E-state index in [0.29, 0.717) is 0 Å². The molecule has 0 nitrogen and oxygen atoms in total. The third-order valence-electron chi connectivity index (χ3n) is 1.84. The first kappa shape index (κ1) is 11.4. The van der Waals surface area contributed by atoms with Crippen molar-refractivity contribution in [2.45, 2.75) is 30.1 Å². The Morgan fingerprint density at radius 1 is 1.07 bits per heavy atom. The van der Waals surface area contributed by atoms with E-state index in [0.717, 1.165) is 12.8 Å². The van der Waals surface area contributed by atoms with Gasteiger partial charge in [-0.25, -0.2) is 0 Å². The van der Waals surface area contributed by atoms with Crippen molar-refractivity contribution < 1.29 is 0 Å². The topological polar surface area (TPSA) is 0 Å². The minimum absolute atomic E-state index is 1.01. The van der Waals surface area contributed by atoms with Crippen LogP contribution in [0.3, 0.4) is 0 Å². The maximum absolute atomic E-state index is 3.43. The molecule has 1 heteroatoms. The number of aryl methyl sites for hydroxylation is 1. The molecule has 1 rings (SSSR count). The first-order valence-electron chi connectivity index (χ1n) is 5.12. The van der Waals surface area contributed by atoms with Crippen LogP contribution in [0.5, 0.6) is 0 Å². The molecule has 0 atom stereocenters. The minimum atomic E-state index is -1.61. The Labute approximate surface area is 90.1 Å². The molecule has 0 aliphatic rings. The van der Waals surface area contributed by atoms with Crippen molar-refractivity contribution in [1.29, 1.82) is 0 Å². The van der Waals surface area contributed by atoms with Crippen LogP contribution in [0.15, 0.2) is 30.3 Å². The van der Waals surface area contributed by atoms with Crippen LogP contribution >= 0.6 is 0 Å². The molecule has 74 valence electrons. The molecule has 1 aromatic carbocycles. The van der Waals surface area contributed by atoms with Crippen molar-refractivity contribution in [3.8, 4) is 10.7 Å². The summed E-state index contributed by atoms with van der Waals surface area (Å²) in [7, 11) is 0. The molecule has 14 heavy (non-hydrogen) atoms. The van der Waals surface area contributed by atoms with Crippen LogP contribution in [0.1, 0.15) is 12.0 Å². The number of benzene rings is 1. The summed E-state index contributed by atoms with van der Waals surface area (Å²) >= 11 is -1.61. The zero-order valence-electron chi connectivity index (χ0n) is 9.30. The van der Waals surface area contributed by atoms with Gasteiger partial charge in [0.25, 0.3) is 0 Å². The fourth-order valence-corrected chi connectivity index (χ4v) is 2.55. The van der Waals surface area contributed by atoms with Crippen molar-refractivity contribution in [2.24, 2.45) is 0 Å². The molecule has 0 amide bonds. The Kier molecular flexibility index (Phi) is 4.29. The van der Waals surface area contributed by atoms with E-state index in [1.165, 1.54) is 5.56 Å². The zero-order chi connectivity index (χ0) is 10.4. The van der Waals surface area contributed by atoms with Gasteiger partial charge in [-0.1, -0.05) is 0 Å². The van der Waals surface area contributed by atoms with Crippen LogP contribution in [0.25, 0.3) is 0 Å². The standard InChI is InChI=1S/C13H18Ge/c1-14(2,3)12-8-7-11-13-9-5-4-6-10-13/h4-6,9-10H,7,11H2,1-3H3. The Balaban J connectivity index is 2.39. The first-order chi connectivity index (χ1) is 6.58. The predicted octanol–water partition coefficient (Wildman–Crippen LogP) is 3.50. The van der Waals surface area contributed by atoms with Gasteiger partial charge in [-0.3, -0.25) is 0 Å². The van der Waals surface area contributed by atoms with Crippen LogP contribution in [-0.4, -0.2) is 13.3 Å². The summed E-state index contributed by atoms with van der Waals surface area (Å²) in [6.07, 6.45) is 2.10. The molecule has 0 aliphatic carbocycles. The van der Waals surface area contributed by atoms with Gasteiger partial charge in [0.05, 0.1) is 0 Å². The summed E-state index contributed by atoms with van der Waals surface area (Å²) in [5, 5.41) is 0. The van der Waals surface area contributed by atoms with Gasteiger partial charge in [0.15, 0.2) is 0 Å². The summed E-state index contributed by atoms with van der Waals surface area (Å²) in [6.45, 7) is 0. The van der Waals surface area contributed by atoms with Crippen molar-refractivity contribution in [3.63, 3.8) is 0 Å². The van der Waals surface area contributed by atoms with Crippen molar-refractivity contribution >= 4 is 13.3 Å². The average Bonchev–Trinajstić information content (AvgIpc) is 2.13. The average molecular weight is 247 g/mol. The van der Waals surface area contributed by atoms with E-state index in [1.54, 1.807) is 0 Å². The summed E-state index contributed by atoms with van der Waals surface area (Å²) in [5.41, 5.74) is 1.39. The summed E-state index contributed by atoms with van der Waals surface area (Å²) in [5.74, 6) is 10.3. The van der Waals surface area contributed by atoms with E-state index in [4.69, 9.17) is 0 Å². The van der Waals surface area contributed by atoms with Gasteiger partial charge in [0.1, 0.15) is 0 Å². The van der Waals surface area contributed by atoms with E-state index in [1.807, 2.05) is 0 Å². The van der Waals surface area contributed by atoms with E-state index in [-0.39, 0.29) is 0 Å². The fourth-order valence-electron chi connectivity index (χ4n) is 1.18. The molecule has 0 bridgehead atoms. The molecular weight excluding hydrogens is 229 g/mol. The summed E-state index contributed by atoms with van der Waals surface area (Å²) < 4.78 is 3.43. The Morgan fingerprint density at radius 2 is 1.71 bits per heavy atom. The number of hydrogen-bond acceptors (Lipinski definition) is 0. The molecule has 1 aromatic rings. The van der Waals surface area contributed by atoms with Crippen LogP contribution in [0, 0.1) is 10.7 Å². The van der Waals surface area contributed by atoms with Gasteiger partial charge in [-0.05, 0) is 0 Å². The third-order valence-corrected chi connectivity index (χ3v) is 3.79. The zero-order valence-corrected chi connectivity index (χ0v) is 11.4. The van der Waals surface area contributed by atoms with E-state index in [2.05, 4.69) is 58.3 Å². The van der Waals surface area contributed by atoms with Crippen LogP contribution < -0.4 is 0 Å². The fraction of sp³-hybridized carbons (Fsp3) is 0.385. The molecule has 0 aliphatic heterocycles. The van der Waals surface area contributed by atoms with Gasteiger partial charge < -0.3 is 0 Å². The number of rotatable bonds is 2. The molecule has 0 heterocycles. The summed E-state index contributed by atoms with van der Waals surface area (Å²) in [6, 6.07) is 10.6. The Hall–Kier alpha value is -0.677. The SMILES string of the molecule is [CH3][Ge]([CH3])([CH3])[C]#CCCc1ccccc1. The van der Waals surface area contributed by atoms with E-state index >= 15 is 0 Å². The Morgan fingerprint density at radius 3 is 2.29 bits per heavy atom. The third kappa shape index (κ3) is 5.14. The molecule has 0 saturated carbocycles. The van der Waals surface area contributed by atoms with Crippen LogP contribution in [-0.2, 0) is 6.42 Å². The molecule has 0 saturated heterocycles. The van der Waals surface area contributed by atoms with Crippen molar-refractivity contribution in [3.05, 3.63) is 35.9 Å².